The van der Waals surface area contributed by atoms with Crippen LogP contribution in [0.15, 0.2) is 48.5 Å². The Bertz CT molecular complexity index is 805. The van der Waals surface area contributed by atoms with Crippen LogP contribution in [0.25, 0.3) is 0 Å². The maximum absolute atomic E-state index is 12.6. The molecular formula is C20H21ClN2O3. The van der Waals surface area contributed by atoms with Crippen molar-refractivity contribution in [3.63, 3.8) is 0 Å². The molecule has 1 heterocycles. The van der Waals surface area contributed by atoms with Gasteiger partial charge in [0.1, 0.15) is 0 Å². The maximum atomic E-state index is 12.6. The fraction of sp³-hybridized carbons (Fsp3) is 0.300. The summed E-state index contributed by atoms with van der Waals surface area (Å²) in [6, 6.07) is 15.1. The number of ether oxygens (including phenoxy) is 1. The molecule has 2 aromatic rings. The highest BCUT2D eigenvalue weighted by molar-refractivity contribution is 6.30. The van der Waals surface area contributed by atoms with E-state index in [4.69, 9.17) is 16.3 Å². The van der Waals surface area contributed by atoms with Gasteiger partial charge in [-0.1, -0.05) is 61.8 Å². The molecule has 2 atom stereocenters. The average Bonchev–Trinajstić information content (AvgIpc) is 3.07. The lowest BCUT2D eigenvalue weighted by Gasteiger charge is -2.22. The van der Waals surface area contributed by atoms with Crippen LogP contribution in [0.5, 0.6) is 0 Å². The van der Waals surface area contributed by atoms with Gasteiger partial charge in [-0.05, 0) is 34.7 Å². The van der Waals surface area contributed by atoms with Crippen molar-refractivity contribution < 1.29 is 14.3 Å². The van der Waals surface area contributed by atoms with Crippen LogP contribution in [-0.2, 0) is 9.53 Å². The summed E-state index contributed by atoms with van der Waals surface area (Å²) in [6.07, 6.45) is -1.40. The van der Waals surface area contributed by atoms with Crippen molar-refractivity contribution in [3.05, 3.63) is 70.2 Å². The third kappa shape index (κ3) is 4.17. The van der Waals surface area contributed by atoms with Gasteiger partial charge < -0.3 is 15.4 Å². The van der Waals surface area contributed by atoms with Gasteiger partial charge in [-0.15, -0.1) is 0 Å². The molecule has 0 bridgehead atoms. The lowest BCUT2D eigenvalue weighted by Crippen LogP contribution is -2.39. The number of benzene rings is 2. The van der Waals surface area contributed by atoms with Gasteiger partial charge in [-0.2, -0.15) is 0 Å². The zero-order valence-corrected chi connectivity index (χ0v) is 15.4. The lowest BCUT2D eigenvalue weighted by molar-refractivity contribution is -0.128. The molecule has 0 aromatic heterocycles. The Morgan fingerprint density at radius 3 is 2.46 bits per heavy atom. The molecule has 1 unspecified atom stereocenters. The van der Waals surface area contributed by atoms with Crippen molar-refractivity contribution in [2.45, 2.75) is 31.9 Å². The largest absolute Gasteiger partial charge is 0.434 e. The molecule has 2 amide bonds. The van der Waals surface area contributed by atoms with Crippen molar-refractivity contribution in [1.82, 2.24) is 10.6 Å². The molecule has 0 spiro atoms. The fourth-order valence-electron chi connectivity index (χ4n) is 2.88. The fourth-order valence-corrected chi connectivity index (χ4v) is 3.01. The predicted molar refractivity (Wildman–Crippen MR) is 100 cm³/mol. The topological polar surface area (TPSA) is 67.4 Å². The molecule has 1 aliphatic heterocycles. The van der Waals surface area contributed by atoms with E-state index in [0.29, 0.717) is 10.9 Å². The Hall–Kier alpha value is -2.53. The zero-order chi connectivity index (χ0) is 18.7. The van der Waals surface area contributed by atoms with Crippen molar-refractivity contribution >= 4 is 23.6 Å². The van der Waals surface area contributed by atoms with Crippen LogP contribution in [0, 0.1) is 0 Å². The normalized spacial score (nSPS) is 17.5. The number of halogens is 1. The van der Waals surface area contributed by atoms with Crippen LogP contribution < -0.4 is 10.6 Å². The number of cyclic esters (lactones) is 1. The highest BCUT2D eigenvalue weighted by Crippen LogP contribution is 2.26. The van der Waals surface area contributed by atoms with Crippen molar-refractivity contribution in [1.29, 1.82) is 0 Å². The summed E-state index contributed by atoms with van der Waals surface area (Å²) in [4.78, 5) is 23.8. The van der Waals surface area contributed by atoms with E-state index in [1.807, 2.05) is 24.3 Å². The van der Waals surface area contributed by atoms with Crippen molar-refractivity contribution in [2.24, 2.45) is 0 Å². The Morgan fingerprint density at radius 1 is 1.15 bits per heavy atom. The van der Waals surface area contributed by atoms with E-state index in [9.17, 15) is 9.59 Å². The summed E-state index contributed by atoms with van der Waals surface area (Å²) in [5.41, 5.74) is 3.05. The Morgan fingerprint density at radius 2 is 1.85 bits per heavy atom. The molecule has 136 valence electrons. The molecule has 5 nitrogen and oxygen atoms in total. The summed E-state index contributed by atoms with van der Waals surface area (Å²) in [5.74, 6) is 0.0368. The monoisotopic (exact) mass is 372 g/mol. The number of amides is 2. The highest BCUT2D eigenvalue weighted by atomic mass is 35.5. The quantitative estimate of drug-likeness (QED) is 0.839. The Kier molecular flexibility index (Phi) is 5.47. The second kappa shape index (κ2) is 7.79. The van der Waals surface area contributed by atoms with Crippen LogP contribution >= 0.6 is 11.6 Å². The molecule has 0 aliphatic carbocycles. The van der Waals surface area contributed by atoms with Gasteiger partial charge in [0.25, 0.3) is 5.91 Å². The maximum Gasteiger partial charge on any atom is 0.408 e. The van der Waals surface area contributed by atoms with Crippen molar-refractivity contribution in [2.75, 3.05) is 6.54 Å². The van der Waals surface area contributed by atoms with E-state index >= 15 is 0 Å². The molecule has 1 aliphatic rings. The summed E-state index contributed by atoms with van der Waals surface area (Å²) in [6.45, 7) is 4.42. The first-order valence-electron chi connectivity index (χ1n) is 8.54. The van der Waals surface area contributed by atoms with E-state index in [-0.39, 0.29) is 18.5 Å². The van der Waals surface area contributed by atoms with Gasteiger partial charge in [0.2, 0.25) is 0 Å². The Balaban J connectivity index is 1.91. The SMILES string of the molecule is CC(C)c1cccc([C@H](NC(=O)C2CNC(=O)O2)c2ccc(Cl)cc2)c1. The molecule has 1 saturated heterocycles. The zero-order valence-electron chi connectivity index (χ0n) is 14.7. The molecule has 6 heteroatoms. The van der Waals surface area contributed by atoms with E-state index < -0.39 is 12.2 Å². The molecule has 0 radical (unpaired) electrons. The molecule has 3 rings (SSSR count). The number of alkyl carbamates (subject to hydrolysis) is 1. The van der Waals surface area contributed by atoms with Gasteiger partial charge in [-0.25, -0.2) is 4.79 Å². The van der Waals surface area contributed by atoms with Crippen LogP contribution in [0.4, 0.5) is 4.79 Å². The third-order valence-electron chi connectivity index (χ3n) is 4.37. The first kappa shape index (κ1) is 18.3. The number of hydrogen-bond donors (Lipinski definition) is 2. The number of rotatable bonds is 5. The molecular weight excluding hydrogens is 352 g/mol. The van der Waals surface area contributed by atoms with Crippen LogP contribution in [0.3, 0.4) is 0 Å². The first-order chi connectivity index (χ1) is 12.4. The Labute approximate surface area is 157 Å². The smallest absolute Gasteiger partial charge is 0.408 e. The predicted octanol–water partition coefficient (Wildman–Crippen LogP) is 3.78. The minimum Gasteiger partial charge on any atom is -0.434 e. The lowest BCUT2D eigenvalue weighted by atomic mass is 9.94. The van der Waals surface area contributed by atoms with Gasteiger partial charge >= 0.3 is 6.09 Å². The summed E-state index contributed by atoms with van der Waals surface area (Å²) >= 11 is 6.00. The van der Waals surface area contributed by atoms with Gasteiger partial charge in [-0.3, -0.25) is 4.79 Å². The van der Waals surface area contributed by atoms with E-state index in [1.54, 1.807) is 12.1 Å². The van der Waals surface area contributed by atoms with E-state index in [1.165, 1.54) is 5.56 Å². The van der Waals surface area contributed by atoms with Gasteiger partial charge in [0.05, 0.1) is 12.6 Å². The van der Waals surface area contributed by atoms with E-state index in [0.717, 1.165) is 11.1 Å². The highest BCUT2D eigenvalue weighted by Gasteiger charge is 2.31. The van der Waals surface area contributed by atoms with Crippen molar-refractivity contribution in [3.8, 4) is 0 Å². The minimum atomic E-state index is -0.828. The summed E-state index contributed by atoms with van der Waals surface area (Å²) in [5, 5.41) is 6.12. The van der Waals surface area contributed by atoms with Gasteiger partial charge in [0.15, 0.2) is 6.10 Å². The molecule has 1 fully saturated rings. The minimum absolute atomic E-state index is 0.171. The number of carbonyl (C=O) groups excluding carboxylic acids is 2. The van der Waals surface area contributed by atoms with Crippen LogP contribution in [0.1, 0.15) is 42.5 Å². The number of carbonyl (C=O) groups is 2. The summed E-state index contributed by atoms with van der Waals surface area (Å²) in [7, 11) is 0. The van der Waals surface area contributed by atoms with Gasteiger partial charge in [0, 0.05) is 5.02 Å². The van der Waals surface area contributed by atoms with E-state index in [2.05, 4.69) is 36.6 Å². The summed E-state index contributed by atoms with van der Waals surface area (Å²) < 4.78 is 4.99. The third-order valence-corrected chi connectivity index (χ3v) is 4.63. The molecule has 2 aromatic carbocycles. The first-order valence-corrected chi connectivity index (χ1v) is 8.92. The molecule has 26 heavy (non-hydrogen) atoms. The van der Waals surface area contributed by atoms with Crippen LogP contribution in [-0.4, -0.2) is 24.6 Å². The number of hydrogen-bond acceptors (Lipinski definition) is 3. The standard InChI is InChI=1S/C20H21ClN2O3/c1-12(2)14-4-3-5-15(10-14)18(13-6-8-16(21)9-7-13)23-19(24)17-11-22-20(25)26-17/h3-10,12,17-18H,11H2,1-2H3,(H,22,25)(H,23,24)/t17?,18-/m1/s1. The second-order valence-electron chi connectivity index (χ2n) is 6.59. The van der Waals surface area contributed by atoms with Crippen LogP contribution in [0.2, 0.25) is 5.02 Å². The molecule has 2 N–H and O–H groups in total. The average molecular weight is 373 g/mol. The number of nitrogens with one attached hydrogen (secondary N) is 2. The second-order valence-corrected chi connectivity index (χ2v) is 7.03. The molecule has 0 saturated carbocycles.